The average molecular weight is 601 g/mol. The molecule has 3 aromatic carbocycles. The Balaban J connectivity index is 1.01. The summed E-state index contributed by atoms with van der Waals surface area (Å²) in [5.41, 5.74) is 8.03. The number of carboxylic acid groups (broad SMARTS) is 1. The highest BCUT2D eigenvalue weighted by molar-refractivity contribution is 6.02. The molecule has 0 aliphatic carbocycles. The van der Waals surface area contributed by atoms with Gasteiger partial charge < -0.3 is 25.7 Å². The Morgan fingerprint density at radius 1 is 0.867 bits per heavy atom. The first-order valence-electron chi connectivity index (χ1n) is 15.4. The van der Waals surface area contributed by atoms with Gasteiger partial charge in [-0.1, -0.05) is 66.7 Å². The minimum atomic E-state index is -1.20. The largest absolute Gasteiger partial charge is 0.465 e. The smallest absolute Gasteiger partial charge is 0.405 e. The lowest BCUT2D eigenvalue weighted by atomic mass is 10.0. The number of H-pyrrole nitrogens is 2. The number of amides is 2. The number of carbonyl (C=O) groups is 2. The van der Waals surface area contributed by atoms with Gasteiger partial charge in [0.25, 0.3) is 0 Å². The maximum Gasteiger partial charge on any atom is 0.405 e. The quantitative estimate of drug-likeness (QED) is 0.180. The number of rotatable bonds is 6. The van der Waals surface area contributed by atoms with Crippen LogP contribution in [0.1, 0.15) is 54.1 Å². The van der Waals surface area contributed by atoms with Crippen LogP contribution in [-0.2, 0) is 17.6 Å². The van der Waals surface area contributed by atoms with Gasteiger partial charge in [-0.15, -0.1) is 10.2 Å². The molecule has 5 heterocycles. The molecule has 0 saturated carbocycles. The van der Waals surface area contributed by atoms with E-state index in [1.165, 1.54) is 0 Å². The predicted octanol–water partition coefficient (Wildman–Crippen LogP) is 5.17. The number of benzene rings is 3. The van der Waals surface area contributed by atoms with Crippen LogP contribution in [0.5, 0.6) is 0 Å². The van der Waals surface area contributed by atoms with Crippen LogP contribution in [0.3, 0.4) is 0 Å². The van der Waals surface area contributed by atoms with E-state index >= 15 is 0 Å². The summed E-state index contributed by atoms with van der Waals surface area (Å²) in [5.74, 6) is 2.10. The van der Waals surface area contributed by atoms with Crippen LogP contribution in [0.25, 0.3) is 33.8 Å². The molecule has 0 radical (unpaired) electrons. The number of aryl methyl sites for hydroxylation is 1. The maximum absolute atomic E-state index is 13.6. The third-order valence-corrected chi connectivity index (χ3v) is 9.20. The van der Waals surface area contributed by atoms with Crippen molar-refractivity contribution in [3.05, 3.63) is 95.7 Å². The topological polar surface area (TPSA) is 152 Å². The monoisotopic (exact) mass is 600 g/mol. The van der Waals surface area contributed by atoms with E-state index in [2.05, 4.69) is 79.3 Å². The molecule has 5 N–H and O–H groups in total. The molecule has 5 aromatic rings. The molecule has 45 heavy (non-hydrogen) atoms. The third kappa shape index (κ3) is 4.95. The summed E-state index contributed by atoms with van der Waals surface area (Å²) < 4.78 is 0. The lowest BCUT2D eigenvalue weighted by Gasteiger charge is -2.27. The van der Waals surface area contributed by atoms with Gasteiger partial charge in [0.15, 0.2) is 5.82 Å². The second-order valence-electron chi connectivity index (χ2n) is 11.9. The van der Waals surface area contributed by atoms with Gasteiger partial charge in [0.2, 0.25) is 5.91 Å². The molecule has 0 unspecified atom stereocenters. The van der Waals surface area contributed by atoms with E-state index in [0.717, 1.165) is 75.8 Å². The number of aromatic amines is 2. The Morgan fingerprint density at radius 2 is 1.60 bits per heavy atom. The molecule has 3 aliphatic rings. The Hall–Kier alpha value is -5.29. The van der Waals surface area contributed by atoms with Crippen molar-refractivity contribution in [3.8, 4) is 33.8 Å². The highest BCUT2D eigenvalue weighted by Crippen LogP contribution is 2.44. The molecule has 226 valence electrons. The standard InChI is InChI=1S/C34H32N8O3/c43-33-26(38-34(44)45)15-14-22-3-1-4-24-17-28(42(33)29(22)24)32-36-18-27(37-32)21-10-6-19(7-11-21)20-8-12-23(13-9-20)30-39-31(41-40-30)25-5-2-16-35-25/h1,3-4,6-13,18,25-26,28,35,38H,2,5,14-17H2,(H,36,37)(H,44,45)(H,39,40,41)/t25-,26-,28-/m0/s1. The van der Waals surface area contributed by atoms with Crippen molar-refractivity contribution in [2.75, 3.05) is 11.4 Å². The van der Waals surface area contributed by atoms with Crippen molar-refractivity contribution in [1.29, 1.82) is 0 Å². The van der Waals surface area contributed by atoms with Gasteiger partial charge in [0, 0.05) is 12.0 Å². The Labute approximate surface area is 259 Å². The fourth-order valence-electron chi connectivity index (χ4n) is 6.93. The van der Waals surface area contributed by atoms with Crippen LogP contribution in [0.15, 0.2) is 72.9 Å². The van der Waals surface area contributed by atoms with Gasteiger partial charge in [-0.3, -0.25) is 9.69 Å². The SMILES string of the molecule is O=C(O)N[C@H]1CCc2cccc3c2N(C1=O)[C@H](c1ncc(-c2ccc(-c4ccc(-c5nnc([C@@H]6CCCN6)[nH]5)cc4)cc2)[nH]1)C3. The van der Waals surface area contributed by atoms with Crippen molar-refractivity contribution < 1.29 is 14.7 Å². The Bertz CT molecular complexity index is 1890. The van der Waals surface area contributed by atoms with Crippen molar-refractivity contribution in [2.24, 2.45) is 0 Å². The van der Waals surface area contributed by atoms with Crippen LogP contribution >= 0.6 is 0 Å². The van der Waals surface area contributed by atoms with E-state index in [1.807, 2.05) is 18.2 Å². The van der Waals surface area contributed by atoms with Crippen LogP contribution in [0.4, 0.5) is 10.5 Å². The molecule has 2 amide bonds. The van der Waals surface area contributed by atoms with Crippen LogP contribution in [0.2, 0.25) is 0 Å². The predicted molar refractivity (Wildman–Crippen MR) is 168 cm³/mol. The molecule has 11 heteroatoms. The number of para-hydroxylation sites is 1. The molecule has 2 aromatic heterocycles. The van der Waals surface area contributed by atoms with Crippen molar-refractivity contribution >= 4 is 17.7 Å². The summed E-state index contributed by atoms with van der Waals surface area (Å²) in [6.07, 6.45) is 4.48. The second-order valence-corrected chi connectivity index (χ2v) is 11.9. The molecule has 0 spiro atoms. The number of imidazole rings is 1. The van der Waals surface area contributed by atoms with Gasteiger partial charge in [0.05, 0.1) is 29.7 Å². The molecule has 3 aliphatic heterocycles. The van der Waals surface area contributed by atoms with E-state index in [-0.39, 0.29) is 18.0 Å². The summed E-state index contributed by atoms with van der Waals surface area (Å²) in [4.78, 5) is 38.4. The van der Waals surface area contributed by atoms with E-state index in [9.17, 15) is 14.7 Å². The highest BCUT2D eigenvalue weighted by atomic mass is 16.4. The number of hydrogen-bond acceptors (Lipinski definition) is 6. The fourth-order valence-corrected chi connectivity index (χ4v) is 6.93. The number of hydrogen-bond donors (Lipinski definition) is 5. The molecule has 11 nitrogen and oxygen atoms in total. The molecule has 1 saturated heterocycles. The van der Waals surface area contributed by atoms with Crippen LogP contribution in [0, 0.1) is 0 Å². The molecule has 0 bridgehead atoms. The Morgan fingerprint density at radius 3 is 2.33 bits per heavy atom. The first-order valence-corrected chi connectivity index (χ1v) is 15.4. The fraction of sp³-hybridized carbons (Fsp3) is 0.265. The molecule has 8 rings (SSSR count). The molecule has 3 atom stereocenters. The van der Waals surface area contributed by atoms with Gasteiger partial charge in [-0.2, -0.15) is 0 Å². The van der Waals surface area contributed by atoms with E-state index < -0.39 is 12.1 Å². The van der Waals surface area contributed by atoms with Gasteiger partial charge in [0.1, 0.15) is 17.7 Å². The number of anilines is 1. The van der Waals surface area contributed by atoms with Gasteiger partial charge >= 0.3 is 6.09 Å². The lowest BCUT2D eigenvalue weighted by molar-refractivity contribution is -0.120. The van der Waals surface area contributed by atoms with E-state index in [4.69, 9.17) is 4.98 Å². The lowest BCUT2D eigenvalue weighted by Crippen LogP contribution is -2.48. The summed E-state index contributed by atoms with van der Waals surface area (Å²) in [6.45, 7) is 1.01. The zero-order valence-corrected chi connectivity index (χ0v) is 24.5. The normalized spacial score (nSPS) is 20.7. The van der Waals surface area contributed by atoms with E-state index in [1.54, 1.807) is 11.1 Å². The molecule has 1 fully saturated rings. The summed E-state index contributed by atoms with van der Waals surface area (Å²) in [5, 5.41) is 23.9. The van der Waals surface area contributed by atoms with Crippen molar-refractivity contribution in [2.45, 2.75) is 50.2 Å². The number of nitrogens with zero attached hydrogens (tertiary/aromatic N) is 4. The minimum Gasteiger partial charge on any atom is -0.465 e. The maximum atomic E-state index is 13.6. The number of aromatic nitrogens is 5. The van der Waals surface area contributed by atoms with Gasteiger partial charge in [-0.05, 0) is 60.0 Å². The third-order valence-electron chi connectivity index (χ3n) is 9.20. The highest BCUT2D eigenvalue weighted by Gasteiger charge is 2.42. The van der Waals surface area contributed by atoms with Crippen LogP contribution < -0.4 is 15.5 Å². The number of nitrogens with one attached hydrogen (secondary N) is 4. The van der Waals surface area contributed by atoms with Crippen molar-refractivity contribution in [3.63, 3.8) is 0 Å². The van der Waals surface area contributed by atoms with Crippen molar-refractivity contribution in [1.82, 2.24) is 35.8 Å². The number of carbonyl (C=O) groups excluding carboxylic acids is 1. The van der Waals surface area contributed by atoms with Gasteiger partial charge in [-0.25, -0.2) is 9.78 Å². The zero-order chi connectivity index (χ0) is 30.5. The Kier molecular flexibility index (Phi) is 6.67. The second kappa shape index (κ2) is 11.0. The zero-order valence-electron chi connectivity index (χ0n) is 24.5. The summed E-state index contributed by atoms with van der Waals surface area (Å²) in [7, 11) is 0. The van der Waals surface area contributed by atoms with Crippen LogP contribution in [-0.4, -0.2) is 54.8 Å². The minimum absolute atomic E-state index is 0.242. The average Bonchev–Trinajstić information content (AvgIpc) is 3.87. The first kappa shape index (κ1) is 27.3. The summed E-state index contributed by atoms with van der Waals surface area (Å²) in [6, 6.07) is 21.8. The van der Waals surface area contributed by atoms with E-state index in [0.29, 0.717) is 25.1 Å². The summed E-state index contributed by atoms with van der Waals surface area (Å²) >= 11 is 0. The first-order chi connectivity index (χ1) is 22.0. The molecular weight excluding hydrogens is 568 g/mol. The molecular formula is C34H32N8O3.